The average molecular weight is 500 g/mol. The second-order valence-corrected chi connectivity index (χ2v) is 9.72. The number of nitrogens with one attached hydrogen (secondary N) is 3. The molecule has 0 radical (unpaired) electrons. The number of fused-ring (bicyclic) bond motifs is 1. The van der Waals surface area contributed by atoms with E-state index in [1.807, 2.05) is 63.2 Å². The van der Waals surface area contributed by atoms with Crippen molar-refractivity contribution in [3.8, 4) is 0 Å². The van der Waals surface area contributed by atoms with Gasteiger partial charge in [-0.2, -0.15) is 0 Å². The Morgan fingerprint density at radius 1 is 1.29 bits per heavy atom. The summed E-state index contributed by atoms with van der Waals surface area (Å²) in [5.41, 5.74) is 2.24. The van der Waals surface area contributed by atoms with Gasteiger partial charge in [-0.15, -0.1) is 0 Å². The summed E-state index contributed by atoms with van der Waals surface area (Å²) >= 11 is 1.44. The van der Waals surface area contributed by atoms with Crippen LogP contribution in [0.5, 0.6) is 0 Å². The van der Waals surface area contributed by atoms with E-state index in [-0.39, 0.29) is 12.5 Å². The molecule has 0 atom stereocenters. The van der Waals surface area contributed by atoms with Crippen LogP contribution in [-0.2, 0) is 4.74 Å². The summed E-state index contributed by atoms with van der Waals surface area (Å²) in [6, 6.07) is 7.60. The van der Waals surface area contributed by atoms with Crippen molar-refractivity contribution in [2.45, 2.75) is 31.5 Å². The first-order chi connectivity index (χ1) is 16.6. The molecule has 188 valence electrons. The Balaban J connectivity index is 1.73. The van der Waals surface area contributed by atoms with Crippen molar-refractivity contribution >= 4 is 41.0 Å². The average Bonchev–Trinajstić information content (AvgIpc) is 2.94. The summed E-state index contributed by atoms with van der Waals surface area (Å²) in [6.45, 7) is 6.87. The van der Waals surface area contributed by atoms with Crippen molar-refractivity contribution in [2.24, 2.45) is 0 Å². The Kier molecular flexibility index (Phi) is 8.44. The van der Waals surface area contributed by atoms with Gasteiger partial charge in [0.15, 0.2) is 5.16 Å². The molecule has 3 rings (SSSR count). The second-order valence-electron chi connectivity index (χ2n) is 8.94. The molecule has 0 aliphatic carbocycles. The molecule has 2 aromatic rings. The Morgan fingerprint density at radius 2 is 2.06 bits per heavy atom. The number of hydrogen-bond acceptors (Lipinski definition) is 9. The lowest BCUT2D eigenvalue weighted by Gasteiger charge is -2.22. The van der Waals surface area contributed by atoms with Gasteiger partial charge in [0.25, 0.3) is 5.91 Å². The molecular weight excluding hydrogens is 466 g/mol. The first kappa shape index (κ1) is 26.1. The van der Waals surface area contributed by atoms with Crippen molar-refractivity contribution in [1.29, 1.82) is 0 Å². The van der Waals surface area contributed by atoms with Gasteiger partial charge >= 0.3 is 6.09 Å². The fourth-order valence-electron chi connectivity index (χ4n) is 3.37. The molecule has 1 aliphatic rings. The third kappa shape index (κ3) is 7.01. The van der Waals surface area contributed by atoms with Gasteiger partial charge in [-0.25, -0.2) is 14.8 Å². The van der Waals surface area contributed by atoms with Gasteiger partial charge in [0, 0.05) is 56.7 Å². The molecule has 10 nitrogen and oxygen atoms in total. The van der Waals surface area contributed by atoms with E-state index in [0.717, 1.165) is 17.1 Å². The Hall–Kier alpha value is -3.47. The number of hydrogen-bond donors (Lipinski definition) is 3. The summed E-state index contributed by atoms with van der Waals surface area (Å²) in [5.74, 6) is 0.507. The molecule has 0 unspecified atom stereocenters. The minimum Gasteiger partial charge on any atom is -0.444 e. The number of ether oxygens (including phenoxy) is 1. The van der Waals surface area contributed by atoms with Crippen LogP contribution in [0.3, 0.4) is 0 Å². The highest BCUT2D eigenvalue weighted by Gasteiger charge is 2.28. The summed E-state index contributed by atoms with van der Waals surface area (Å²) in [6.07, 6.45) is 4.79. The van der Waals surface area contributed by atoms with Gasteiger partial charge in [-0.3, -0.25) is 4.79 Å². The van der Waals surface area contributed by atoms with Crippen LogP contribution in [0.25, 0.3) is 0 Å². The van der Waals surface area contributed by atoms with Crippen LogP contribution in [0, 0.1) is 0 Å². The molecular formula is C24H33N7O3S. The van der Waals surface area contributed by atoms with E-state index in [1.165, 1.54) is 11.8 Å². The Morgan fingerprint density at radius 3 is 2.74 bits per heavy atom. The molecule has 2 amide bonds. The summed E-state index contributed by atoms with van der Waals surface area (Å²) in [4.78, 5) is 37.9. The number of carbonyl (C=O) groups is 2. The second kappa shape index (κ2) is 11.3. The first-order valence-corrected chi connectivity index (χ1v) is 12.5. The zero-order valence-electron chi connectivity index (χ0n) is 21.0. The number of aromatic nitrogens is 2. The number of likely N-dealkylation sites (N-methyl/N-ethyl adjacent to an activating group) is 2. The number of carbonyl (C=O) groups excluding carboxylic acids is 2. The van der Waals surface area contributed by atoms with Crippen LogP contribution in [0.4, 0.5) is 22.0 Å². The van der Waals surface area contributed by atoms with Crippen molar-refractivity contribution in [3.63, 3.8) is 0 Å². The predicted octanol–water partition coefficient (Wildman–Crippen LogP) is 3.29. The monoisotopic (exact) mass is 499 g/mol. The number of thioether (sulfide) groups is 1. The topological polar surface area (TPSA) is 112 Å². The summed E-state index contributed by atoms with van der Waals surface area (Å²) < 4.78 is 5.27. The highest BCUT2D eigenvalue weighted by Crippen LogP contribution is 2.28. The van der Waals surface area contributed by atoms with E-state index in [0.29, 0.717) is 29.6 Å². The van der Waals surface area contributed by atoms with Crippen LogP contribution < -0.4 is 25.8 Å². The zero-order valence-corrected chi connectivity index (χ0v) is 21.8. The van der Waals surface area contributed by atoms with E-state index >= 15 is 0 Å². The van der Waals surface area contributed by atoms with Crippen LogP contribution in [-0.4, -0.2) is 67.6 Å². The van der Waals surface area contributed by atoms with E-state index in [9.17, 15) is 9.59 Å². The number of nitrogens with zero attached hydrogens (tertiary/aromatic N) is 4. The number of benzene rings is 1. The Bertz CT molecular complexity index is 1100. The zero-order chi connectivity index (χ0) is 25.6. The van der Waals surface area contributed by atoms with Gasteiger partial charge < -0.3 is 30.5 Å². The van der Waals surface area contributed by atoms with E-state index in [1.54, 1.807) is 24.3 Å². The number of amides is 2. The fourth-order valence-corrected chi connectivity index (χ4v) is 3.71. The lowest BCUT2D eigenvalue weighted by atomic mass is 10.2. The predicted molar refractivity (Wildman–Crippen MR) is 140 cm³/mol. The molecule has 3 N–H and O–H groups in total. The normalized spacial score (nSPS) is 14.2. The molecule has 1 aromatic carbocycles. The fraction of sp³-hybridized carbons (Fsp3) is 0.417. The van der Waals surface area contributed by atoms with Gasteiger partial charge in [-0.05, 0) is 45.2 Å². The third-order valence-corrected chi connectivity index (χ3v) is 5.70. The minimum atomic E-state index is -0.560. The maximum atomic E-state index is 13.4. The number of alkyl carbamates (subject to hydrolysis) is 1. The van der Waals surface area contributed by atoms with Crippen molar-refractivity contribution in [3.05, 3.63) is 47.9 Å². The lowest BCUT2D eigenvalue weighted by molar-refractivity contribution is 0.0532. The Labute approximate surface area is 210 Å². The van der Waals surface area contributed by atoms with E-state index < -0.39 is 11.7 Å². The highest BCUT2D eigenvalue weighted by molar-refractivity contribution is 7.98. The molecule has 35 heavy (non-hydrogen) atoms. The molecule has 1 aliphatic heterocycles. The maximum Gasteiger partial charge on any atom is 0.407 e. The van der Waals surface area contributed by atoms with Crippen molar-refractivity contribution < 1.29 is 14.3 Å². The van der Waals surface area contributed by atoms with Gasteiger partial charge in [-0.1, -0.05) is 17.8 Å². The highest BCUT2D eigenvalue weighted by atomic mass is 32.2. The van der Waals surface area contributed by atoms with Gasteiger partial charge in [0.2, 0.25) is 0 Å². The number of rotatable bonds is 7. The first-order valence-electron chi connectivity index (χ1n) is 11.3. The largest absolute Gasteiger partial charge is 0.444 e. The van der Waals surface area contributed by atoms with Crippen LogP contribution in [0.2, 0.25) is 0 Å². The van der Waals surface area contributed by atoms with Crippen LogP contribution >= 0.6 is 11.8 Å². The van der Waals surface area contributed by atoms with Crippen LogP contribution in [0.1, 0.15) is 31.1 Å². The van der Waals surface area contributed by atoms with Crippen molar-refractivity contribution in [1.82, 2.24) is 20.6 Å². The maximum absolute atomic E-state index is 13.4. The van der Waals surface area contributed by atoms with E-state index in [4.69, 9.17) is 4.74 Å². The molecule has 0 saturated carbocycles. The van der Waals surface area contributed by atoms with Crippen LogP contribution in [0.15, 0.2) is 47.5 Å². The minimum absolute atomic E-state index is 0.137. The standard InChI is InChI=1S/C24H33N7O3S/c1-24(2,3)34-23(33)28-14-17(25-4)13-26-16-8-7-9-18(12-16)31-11-10-30(5)20-19(21(31)32)15-27-22(29-20)35-6/h7-9,12-13,15,25-26H,10-11,14H2,1-6H3,(H,28,33)/b17-13-. The van der Waals surface area contributed by atoms with Gasteiger partial charge in [0.05, 0.1) is 6.54 Å². The SMILES string of the molecule is CN/C(=C\Nc1cccc(N2CCN(C)c3nc(SC)ncc3C2=O)c1)CNC(=O)OC(C)(C)C. The molecule has 0 fully saturated rings. The number of anilines is 3. The summed E-state index contributed by atoms with van der Waals surface area (Å²) in [7, 11) is 3.70. The van der Waals surface area contributed by atoms with E-state index in [2.05, 4.69) is 25.9 Å². The summed E-state index contributed by atoms with van der Waals surface area (Å²) in [5, 5.41) is 9.64. The van der Waals surface area contributed by atoms with Crippen molar-refractivity contribution in [2.75, 3.05) is 55.1 Å². The molecule has 2 heterocycles. The quantitative estimate of drug-likeness (QED) is 0.390. The molecule has 0 spiro atoms. The van der Waals surface area contributed by atoms with Gasteiger partial charge in [0.1, 0.15) is 17.0 Å². The molecule has 0 bridgehead atoms. The smallest absolute Gasteiger partial charge is 0.407 e. The third-order valence-electron chi connectivity index (χ3n) is 5.14. The lowest BCUT2D eigenvalue weighted by Crippen LogP contribution is -2.35. The molecule has 11 heteroatoms. The molecule has 0 saturated heterocycles. The molecule has 1 aromatic heterocycles.